The fourth-order valence-electron chi connectivity index (χ4n) is 5.19. The molecule has 6 rings (SSSR count). The topological polar surface area (TPSA) is 102 Å². The van der Waals surface area contributed by atoms with Crippen molar-refractivity contribution in [3.05, 3.63) is 95.4 Å². The van der Waals surface area contributed by atoms with Crippen LogP contribution in [0.25, 0.3) is 22.4 Å². The average Bonchev–Trinajstić information content (AvgIpc) is 3.49. The van der Waals surface area contributed by atoms with Gasteiger partial charge in [0.15, 0.2) is 11.6 Å². The molecule has 3 N–H and O–H groups in total. The molecule has 0 bridgehead atoms. The van der Waals surface area contributed by atoms with Gasteiger partial charge in [0.1, 0.15) is 5.52 Å². The lowest BCUT2D eigenvalue weighted by Crippen LogP contribution is -2.44. The highest BCUT2D eigenvalue weighted by Crippen LogP contribution is 2.35. The summed E-state index contributed by atoms with van der Waals surface area (Å²) in [5, 5.41) is 5.96. The Morgan fingerprint density at radius 3 is 2.59 bits per heavy atom. The van der Waals surface area contributed by atoms with E-state index in [9.17, 15) is 18.0 Å². The molecule has 0 atom stereocenters. The molecule has 9 nitrogen and oxygen atoms in total. The first-order valence-electron chi connectivity index (χ1n) is 14.2. The molecule has 0 radical (unpaired) electrons. The van der Waals surface area contributed by atoms with Crippen LogP contribution in [-0.2, 0) is 12.7 Å². The number of nitrogens with one attached hydrogen (secondary N) is 3. The number of aromatic nitrogens is 4. The molecule has 0 spiro atoms. The molecule has 2 aromatic carbocycles. The summed E-state index contributed by atoms with van der Waals surface area (Å²) in [6.07, 6.45) is 0.556. The second-order valence-electron chi connectivity index (χ2n) is 10.9. The van der Waals surface area contributed by atoms with Crippen molar-refractivity contribution < 1.29 is 18.0 Å². The summed E-state index contributed by atoms with van der Waals surface area (Å²) < 4.78 is 42.2. The molecule has 1 amide bonds. The minimum Gasteiger partial charge on any atom is -0.357 e. The molecule has 1 fully saturated rings. The number of piperazine rings is 1. The maximum Gasteiger partial charge on any atom is 0.416 e. The molecule has 1 aliphatic heterocycles. The fraction of sp³-hybridized carbons (Fsp3) is 0.250. The van der Waals surface area contributed by atoms with E-state index in [4.69, 9.17) is 4.98 Å². The summed E-state index contributed by atoms with van der Waals surface area (Å²) >= 11 is 0. The molecule has 0 saturated carbocycles. The summed E-state index contributed by atoms with van der Waals surface area (Å²) in [6.45, 7) is 5.09. The van der Waals surface area contributed by atoms with Gasteiger partial charge in [-0.25, -0.2) is 9.97 Å². The first-order chi connectivity index (χ1) is 21.1. The van der Waals surface area contributed by atoms with E-state index in [0.29, 0.717) is 41.5 Å². The summed E-state index contributed by atoms with van der Waals surface area (Å²) in [4.78, 5) is 34.1. The highest BCUT2D eigenvalue weighted by Gasteiger charge is 2.34. The van der Waals surface area contributed by atoms with Gasteiger partial charge in [-0.3, -0.25) is 14.7 Å². The van der Waals surface area contributed by atoms with Crippen molar-refractivity contribution in [2.75, 3.05) is 43.9 Å². The maximum absolute atomic E-state index is 14.1. The summed E-state index contributed by atoms with van der Waals surface area (Å²) in [5.74, 6) is 0.456. The van der Waals surface area contributed by atoms with E-state index in [-0.39, 0.29) is 23.4 Å². The summed E-state index contributed by atoms with van der Waals surface area (Å²) in [5.41, 5.74) is 3.38. The minimum absolute atomic E-state index is 0.0737. The van der Waals surface area contributed by atoms with E-state index >= 15 is 0 Å². The van der Waals surface area contributed by atoms with Crippen molar-refractivity contribution in [1.29, 1.82) is 0 Å². The number of carbonyl (C=O) groups excluding carboxylic acids is 1. The van der Waals surface area contributed by atoms with Gasteiger partial charge in [-0.15, -0.1) is 0 Å². The van der Waals surface area contributed by atoms with Crippen molar-refractivity contribution in [1.82, 2.24) is 29.7 Å². The number of rotatable bonds is 7. The van der Waals surface area contributed by atoms with Crippen molar-refractivity contribution in [2.24, 2.45) is 0 Å². The largest absolute Gasteiger partial charge is 0.416 e. The van der Waals surface area contributed by atoms with E-state index in [2.05, 4.69) is 30.5 Å². The Balaban J connectivity index is 1.24. The van der Waals surface area contributed by atoms with E-state index in [1.807, 2.05) is 31.0 Å². The normalized spacial score (nSPS) is 14.6. The Hall–Kier alpha value is -4.81. The van der Waals surface area contributed by atoms with Crippen LogP contribution >= 0.6 is 0 Å². The van der Waals surface area contributed by atoms with E-state index in [1.165, 1.54) is 12.1 Å². The molecule has 226 valence electrons. The van der Waals surface area contributed by atoms with Crippen LogP contribution in [0.5, 0.6) is 0 Å². The summed E-state index contributed by atoms with van der Waals surface area (Å²) in [6, 6.07) is 14.5. The molecule has 3 aromatic heterocycles. The predicted molar refractivity (Wildman–Crippen MR) is 164 cm³/mol. The third-order valence-corrected chi connectivity index (χ3v) is 7.74. The Morgan fingerprint density at radius 2 is 1.84 bits per heavy atom. The highest BCUT2D eigenvalue weighted by atomic mass is 19.4. The first kappa shape index (κ1) is 29.3. The number of halogens is 3. The number of aromatic amines is 1. The van der Waals surface area contributed by atoms with E-state index in [0.717, 1.165) is 30.3 Å². The number of H-pyrrole nitrogens is 1. The zero-order chi connectivity index (χ0) is 30.8. The molecule has 0 aliphatic carbocycles. The van der Waals surface area contributed by atoms with Gasteiger partial charge in [0.25, 0.3) is 5.91 Å². The monoisotopic (exact) mass is 600 g/mol. The quantitative estimate of drug-likeness (QED) is 0.208. The number of nitrogens with zero attached hydrogens (tertiary/aromatic N) is 5. The van der Waals surface area contributed by atoms with Crippen LogP contribution in [0.3, 0.4) is 0 Å². The van der Waals surface area contributed by atoms with Crippen LogP contribution in [0, 0.1) is 6.92 Å². The number of likely N-dealkylation sites (N-methyl/N-ethyl adjacent to an activating group) is 1. The van der Waals surface area contributed by atoms with Gasteiger partial charge in [-0.1, -0.05) is 12.1 Å². The Bertz CT molecular complexity index is 1800. The highest BCUT2D eigenvalue weighted by molar-refractivity contribution is 6.05. The van der Waals surface area contributed by atoms with Crippen molar-refractivity contribution in [2.45, 2.75) is 19.6 Å². The number of hydrogen-bond donors (Lipinski definition) is 3. The number of amides is 1. The van der Waals surface area contributed by atoms with Gasteiger partial charge >= 0.3 is 6.18 Å². The Morgan fingerprint density at radius 1 is 1.02 bits per heavy atom. The lowest BCUT2D eigenvalue weighted by molar-refractivity contribution is -0.138. The van der Waals surface area contributed by atoms with Crippen LogP contribution in [0.1, 0.15) is 27.0 Å². The zero-order valence-electron chi connectivity index (χ0n) is 24.2. The van der Waals surface area contributed by atoms with E-state index in [1.54, 1.807) is 42.9 Å². The number of alkyl halides is 3. The summed E-state index contributed by atoms with van der Waals surface area (Å²) in [7, 11) is 2.00. The fourth-order valence-corrected chi connectivity index (χ4v) is 5.19. The van der Waals surface area contributed by atoms with Crippen molar-refractivity contribution >= 4 is 34.1 Å². The number of pyridine rings is 1. The molecule has 1 saturated heterocycles. The number of anilines is 3. The standard InChI is InChI=1S/C32H31F3N8O/c1-20-5-6-21(16-27(20)40-30-28-26(9-11-37-28)39-29(41-30)22-4-3-10-36-18-22)31(44)38-24-8-7-23(25(17-24)32(33,34)35)19-43-14-12-42(2)13-15-43/h3-11,16-18,37H,12-15,19H2,1-2H3,(H,38,44)(H,39,40,41). The van der Waals surface area contributed by atoms with Gasteiger partial charge in [0.2, 0.25) is 0 Å². The van der Waals surface area contributed by atoms with Gasteiger partial charge in [0, 0.05) is 73.8 Å². The Kier molecular flexibility index (Phi) is 8.02. The van der Waals surface area contributed by atoms with Crippen molar-refractivity contribution in [3.63, 3.8) is 0 Å². The zero-order valence-corrected chi connectivity index (χ0v) is 24.2. The second-order valence-corrected chi connectivity index (χ2v) is 10.9. The number of aryl methyl sites for hydroxylation is 1. The van der Waals surface area contributed by atoms with Crippen LogP contribution < -0.4 is 10.6 Å². The second kappa shape index (κ2) is 12.1. The molecule has 5 aromatic rings. The predicted octanol–water partition coefficient (Wildman–Crippen LogP) is 6.09. The van der Waals surface area contributed by atoms with Gasteiger partial charge < -0.3 is 20.5 Å². The molecule has 44 heavy (non-hydrogen) atoms. The van der Waals surface area contributed by atoms with Crippen LogP contribution in [0.15, 0.2) is 73.2 Å². The number of carbonyl (C=O) groups is 1. The van der Waals surface area contributed by atoms with Gasteiger partial charge in [0.05, 0.1) is 11.1 Å². The smallest absolute Gasteiger partial charge is 0.357 e. The lowest BCUT2D eigenvalue weighted by atomic mass is 10.0. The molecule has 1 aliphatic rings. The Labute approximate surface area is 252 Å². The van der Waals surface area contributed by atoms with Crippen LogP contribution in [0.4, 0.5) is 30.4 Å². The minimum atomic E-state index is -4.56. The lowest BCUT2D eigenvalue weighted by Gasteiger charge is -2.33. The van der Waals surface area contributed by atoms with Crippen LogP contribution in [0.2, 0.25) is 0 Å². The number of fused-ring (bicyclic) bond motifs is 1. The number of hydrogen-bond acceptors (Lipinski definition) is 7. The molecular formula is C32H31F3N8O. The molecular weight excluding hydrogens is 569 g/mol. The molecule has 4 heterocycles. The molecule has 0 unspecified atom stereocenters. The van der Waals surface area contributed by atoms with E-state index < -0.39 is 17.6 Å². The third-order valence-electron chi connectivity index (χ3n) is 7.74. The average molecular weight is 601 g/mol. The SMILES string of the molecule is Cc1ccc(C(=O)Nc2ccc(CN3CCN(C)CC3)c(C(F)(F)F)c2)cc1Nc1nc(-c2cccnc2)nc2cc[nH]c12. The first-order valence-corrected chi connectivity index (χ1v) is 14.2. The van der Waals surface area contributed by atoms with Gasteiger partial charge in [-0.05, 0) is 67.6 Å². The molecule has 12 heteroatoms. The maximum atomic E-state index is 14.1. The van der Waals surface area contributed by atoms with Crippen LogP contribution in [-0.4, -0.2) is 68.9 Å². The number of benzene rings is 2. The van der Waals surface area contributed by atoms with Gasteiger partial charge in [-0.2, -0.15) is 13.2 Å². The van der Waals surface area contributed by atoms with Crippen molar-refractivity contribution in [3.8, 4) is 11.4 Å². The third kappa shape index (κ3) is 6.41.